The summed E-state index contributed by atoms with van der Waals surface area (Å²) in [5.41, 5.74) is -3.59. The van der Waals surface area contributed by atoms with E-state index in [1.807, 2.05) is 0 Å². The predicted octanol–water partition coefficient (Wildman–Crippen LogP) is -2.47. The average Bonchev–Trinajstić information content (AvgIpc) is 2.67. The fourth-order valence-electron chi connectivity index (χ4n) is 2.74. The van der Waals surface area contributed by atoms with Gasteiger partial charge in [0.2, 0.25) is 22.6 Å². The maximum absolute atomic E-state index is 12.5. The van der Waals surface area contributed by atoms with Crippen molar-refractivity contribution in [1.29, 1.82) is 0 Å². The van der Waals surface area contributed by atoms with Crippen molar-refractivity contribution in [1.82, 2.24) is 0 Å². The molecule has 0 radical (unpaired) electrons. The number of Topliss-reactive ketones (excluding diaryl/α,β-unsaturated/α-hetero) is 4. The van der Waals surface area contributed by atoms with Crippen LogP contribution in [-0.2, 0) is 24.0 Å². The molecule has 29 heavy (non-hydrogen) atoms. The first-order valence-electron chi connectivity index (χ1n) is 8.30. The second-order valence-corrected chi connectivity index (χ2v) is 6.45. The molecule has 0 heterocycles. The van der Waals surface area contributed by atoms with Crippen LogP contribution in [0.15, 0.2) is 5.11 Å². The number of carbonyl (C=O) groups excluding carboxylic acids is 5. The van der Waals surface area contributed by atoms with Crippen LogP contribution in [0.4, 0.5) is 0 Å². The molecular weight excluding hydrogens is 394 g/mol. The fraction of sp³-hybridized carbons (Fsp3) is 0.688. The van der Waals surface area contributed by atoms with Gasteiger partial charge in [-0.1, -0.05) is 5.11 Å². The number of nitrogens with zero attached hydrogens (tertiary/aromatic N) is 3. The van der Waals surface area contributed by atoms with Gasteiger partial charge in [0.1, 0.15) is 6.10 Å². The number of aliphatic hydroxyl groups is 5. The number of carbonyl (C=O) groups is 5. The predicted molar refractivity (Wildman–Crippen MR) is 93.2 cm³/mol. The molecule has 0 aliphatic heterocycles. The molecule has 0 rings (SSSR count). The molecule has 0 aliphatic carbocycles. The van der Waals surface area contributed by atoms with Crippen molar-refractivity contribution < 1.29 is 49.5 Å². The zero-order chi connectivity index (χ0) is 23.2. The van der Waals surface area contributed by atoms with E-state index in [0.29, 0.717) is 13.8 Å². The van der Waals surface area contributed by atoms with Gasteiger partial charge in [0.15, 0.2) is 23.6 Å². The van der Waals surface area contributed by atoms with Crippen molar-refractivity contribution in [3.05, 3.63) is 10.4 Å². The Kier molecular flexibility index (Phi) is 8.93. The van der Waals surface area contributed by atoms with Gasteiger partial charge in [0, 0.05) is 17.9 Å². The summed E-state index contributed by atoms with van der Waals surface area (Å²) in [6, 6.07) is 0. The van der Waals surface area contributed by atoms with Crippen molar-refractivity contribution in [2.45, 2.75) is 62.6 Å². The first-order chi connectivity index (χ1) is 13.2. The van der Waals surface area contributed by atoms with Gasteiger partial charge in [-0.05, 0) is 32.7 Å². The maximum atomic E-state index is 12.5. The summed E-state index contributed by atoms with van der Waals surface area (Å²) in [5, 5.41) is 54.4. The lowest BCUT2D eigenvalue weighted by Gasteiger charge is -2.46. The Hall–Kier alpha value is -2.54. The average molecular weight is 417 g/mol. The first kappa shape index (κ1) is 26.5. The van der Waals surface area contributed by atoms with Crippen LogP contribution in [0.3, 0.4) is 0 Å². The van der Waals surface area contributed by atoms with Crippen LogP contribution in [0.1, 0.15) is 33.6 Å². The zero-order valence-electron chi connectivity index (χ0n) is 16.0. The SMILES string of the molecule is CC(=O)[C@@](O)(C(=O)C(O)C(C)O)[C@@](O)(C(C)=O)[C@@](O)(C=O)C(=O)CCCN=[N+]=[N-]. The van der Waals surface area contributed by atoms with Crippen LogP contribution in [0.5, 0.6) is 0 Å². The molecule has 0 amide bonds. The highest BCUT2D eigenvalue weighted by atomic mass is 16.4. The molecule has 0 fully saturated rings. The monoisotopic (exact) mass is 417 g/mol. The van der Waals surface area contributed by atoms with E-state index in [1.165, 1.54) is 0 Å². The number of aliphatic hydroxyl groups excluding tert-OH is 2. The van der Waals surface area contributed by atoms with Gasteiger partial charge in [-0.3, -0.25) is 24.0 Å². The normalized spacial score (nSPS) is 19.3. The number of hydrogen-bond acceptors (Lipinski definition) is 11. The highest BCUT2D eigenvalue weighted by Crippen LogP contribution is 2.38. The van der Waals surface area contributed by atoms with Gasteiger partial charge in [0.25, 0.3) is 0 Å². The molecule has 5 atom stereocenters. The molecule has 0 spiro atoms. The van der Waals surface area contributed by atoms with E-state index in [4.69, 9.17) is 5.53 Å². The second kappa shape index (κ2) is 9.78. The topological polar surface area (TPSA) is 235 Å². The summed E-state index contributed by atoms with van der Waals surface area (Å²) in [5.74, 6) is -7.00. The van der Waals surface area contributed by atoms with Gasteiger partial charge < -0.3 is 25.5 Å². The number of rotatable bonds is 13. The van der Waals surface area contributed by atoms with Crippen molar-refractivity contribution >= 4 is 29.4 Å². The Labute approximate surface area is 164 Å². The molecule has 0 aromatic rings. The van der Waals surface area contributed by atoms with Crippen molar-refractivity contribution in [3.8, 4) is 0 Å². The quantitative estimate of drug-likeness (QED) is 0.0528. The van der Waals surface area contributed by atoms with E-state index in [0.717, 1.165) is 6.92 Å². The molecule has 162 valence electrons. The molecule has 5 N–H and O–H groups in total. The summed E-state index contributed by atoms with van der Waals surface area (Å²) in [6.45, 7) is 1.59. The summed E-state index contributed by atoms with van der Waals surface area (Å²) in [7, 11) is 0. The number of aldehydes is 1. The molecule has 0 aromatic heterocycles. The third-order valence-corrected chi connectivity index (χ3v) is 4.50. The van der Waals surface area contributed by atoms with Gasteiger partial charge in [-0.25, -0.2) is 0 Å². The molecule has 13 nitrogen and oxygen atoms in total. The summed E-state index contributed by atoms with van der Waals surface area (Å²) in [4.78, 5) is 63.2. The number of ketones is 4. The van der Waals surface area contributed by atoms with E-state index in [2.05, 4.69) is 10.0 Å². The van der Waals surface area contributed by atoms with Crippen LogP contribution in [0.2, 0.25) is 0 Å². The van der Waals surface area contributed by atoms with Gasteiger partial charge in [0.05, 0.1) is 6.10 Å². The minimum Gasteiger partial charge on any atom is -0.390 e. The van der Waals surface area contributed by atoms with E-state index in [1.54, 1.807) is 0 Å². The Bertz CT molecular complexity index is 747. The lowest BCUT2D eigenvalue weighted by atomic mass is 9.62. The van der Waals surface area contributed by atoms with Crippen LogP contribution in [-0.4, -0.2) is 90.5 Å². The molecule has 0 aliphatic rings. The minimum absolute atomic E-state index is 0.254. The van der Waals surface area contributed by atoms with Gasteiger partial charge in [-0.2, -0.15) is 0 Å². The molecule has 13 heteroatoms. The Balaban J connectivity index is 6.68. The third kappa shape index (κ3) is 4.40. The van der Waals surface area contributed by atoms with E-state index in [-0.39, 0.29) is 13.0 Å². The van der Waals surface area contributed by atoms with Crippen LogP contribution in [0, 0.1) is 0 Å². The molecule has 0 bridgehead atoms. The summed E-state index contributed by atoms with van der Waals surface area (Å²) >= 11 is 0. The molecule has 0 saturated heterocycles. The molecule has 0 saturated carbocycles. The van der Waals surface area contributed by atoms with Crippen LogP contribution < -0.4 is 0 Å². The van der Waals surface area contributed by atoms with Crippen molar-refractivity contribution in [2.75, 3.05) is 6.54 Å². The second-order valence-electron chi connectivity index (χ2n) is 6.45. The molecule has 2 unspecified atom stereocenters. The largest absolute Gasteiger partial charge is 0.390 e. The fourth-order valence-corrected chi connectivity index (χ4v) is 2.74. The standard InChI is InChI=1S/C16H23N3O10/c1-8(21)12(25)13(26)15(28,9(2)22)16(29,10(3)23)14(27,7-20)11(24)5-4-6-18-19-17/h7-8,12,21,25,27-29H,4-6H2,1-3H3/t8?,12?,14-,15-,16-/m1/s1. The van der Waals surface area contributed by atoms with Crippen molar-refractivity contribution in [3.63, 3.8) is 0 Å². The van der Waals surface area contributed by atoms with Gasteiger partial charge >= 0.3 is 0 Å². The smallest absolute Gasteiger partial charge is 0.223 e. The van der Waals surface area contributed by atoms with Gasteiger partial charge in [-0.15, -0.1) is 0 Å². The Morgan fingerprint density at radius 2 is 1.62 bits per heavy atom. The summed E-state index contributed by atoms with van der Waals surface area (Å²) < 4.78 is 0. The number of hydrogen-bond donors (Lipinski definition) is 5. The molecule has 0 aromatic carbocycles. The lowest BCUT2D eigenvalue weighted by molar-refractivity contribution is -0.224. The Morgan fingerprint density at radius 1 is 1.10 bits per heavy atom. The lowest BCUT2D eigenvalue weighted by Crippen LogP contribution is -2.80. The Morgan fingerprint density at radius 3 is 1.97 bits per heavy atom. The van der Waals surface area contributed by atoms with Crippen LogP contribution in [0.25, 0.3) is 10.4 Å². The van der Waals surface area contributed by atoms with Crippen LogP contribution >= 0.6 is 0 Å². The zero-order valence-corrected chi connectivity index (χ0v) is 16.0. The highest BCUT2D eigenvalue weighted by Gasteiger charge is 2.73. The maximum Gasteiger partial charge on any atom is 0.223 e. The van der Waals surface area contributed by atoms with E-state index in [9.17, 15) is 49.5 Å². The van der Waals surface area contributed by atoms with E-state index >= 15 is 0 Å². The van der Waals surface area contributed by atoms with Crippen molar-refractivity contribution in [2.24, 2.45) is 5.11 Å². The first-order valence-corrected chi connectivity index (χ1v) is 8.30. The summed E-state index contributed by atoms with van der Waals surface area (Å²) in [6.07, 6.45) is -6.06. The number of azide groups is 1. The minimum atomic E-state index is -4.03. The third-order valence-electron chi connectivity index (χ3n) is 4.50. The highest BCUT2D eigenvalue weighted by molar-refractivity contribution is 6.21. The molecular formula is C16H23N3O10. The van der Waals surface area contributed by atoms with E-state index < -0.39 is 64.9 Å².